The van der Waals surface area contributed by atoms with E-state index in [2.05, 4.69) is 12.2 Å². The van der Waals surface area contributed by atoms with Crippen LogP contribution in [0.15, 0.2) is 0 Å². The highest BCUT2D eigenvalue weighted by Crippen LogP contribution is 2.18. The Hall–Kier alpha value is -0.0200. The highest BCUT2D eigenvalue weighted by molar-refractivity contribution is 8.14. The van der Waals surface area contributed by atoms with E-state index >= 15 is 0 Å². The molecule has 2 nitrogen and oxygen atoms in total. The number of hydrogen-bond donors (Lipinski definition) is 1. The number of carbonyl (C=O) groups is 1. The van der Waals surface area contributed by atoms with Crippen molar-refractivity contribution in [2.45, 2.75) is 25.8 Å². The van der Waals surface area contributed by atoms with Crippen LogP contribution in [0.4, 0.5) is 0 Å². The largest absolute Gasteiger partial charge is 0.307 e. The van der Waals surface area contributed by atoms with Gasteiger partial charge in [0, 0.05) is 5.75 Å². The van der Waals surface area contributed by atoms with Gasteiger partial charge in [-0.05, 0) is 19.4 Å². The highest BCUT2D eigenvalue weighted by Gasteiger charge is 2.23. The van der Waals surface area contributed by atoms with Crippen molar-refractivity contribution in [1.82, 2.24) is 5.32 Å². The summed E-state index contributed by atoms with van der Waals surface area (Å²) < 4.78 is 0. The van der Waals surface area contributed by atoms with Crippen LogP contribution in [0.1, 0.15) is 19.8 Å². The molecule has 1 aliphatic heterocycles. The van der Waals surface area contributed by atoms with Crippen molar-refractivity contribution in [3.05, 3.63) is 0 Å². The van der Waals surface area contributed by atoms with Crippen molar-refractivity contribution in [1.29, 1.82) is 0 Å². The molecule has 1 saturated heterocycles. The second kappa shape index (κ2) is 3.98. The summed E-state index contributed by atoms with van der Waals surface area (Å²) in [7, 11) is 0. The summed E-state index contributed by atoms with van der Waals surface area (Å²) in [6, 6.07) is 0.157. The van der Waals surface area contributed by atoms with Crippen LogP contribution in [0, 0.1) is 0 Å². The third kappa shape index (κ3) is 1.99. The Morgan fingerprint density at radius 2 is 2.60 bits per heavy atom. The molecule has 10 heavy (non-hydrogen) atoms. The molecule has 0 aromatic heterocycles. The van der Waals surface area contributed by atoms with Gasteiger partial charge in [-0.25, -0.2) is 0 Å². The smallest absolute Gasteiger partial charge is 0.205 e. The van der Waals surface area contributed by atoms with Crippen LogP contribution in [0.3, 0.4) is 0 Å². The zero-order chi connectivity index (χ0) is 7.40. The molecule has 0 saturated carbocycles. The van der Waals surface area contributed by atoms with Gasteiger partial charge < -0.3 is 5.32 Å². The van der Waals surface area contributed by atoms with E-state index in [4.69, 9.17) is 0 Å². The zero-order valence-electron chi connectivity index (χ0n) is 6.22. The lowest BCUT2D eigenvalue weighted by atomic mass is 10.2. The first-order valence-electron chi connectivity index (χ1n) is 3.74. The van der Waals surface area contributed by atoms with E-state index < -0.39 is 0 Å². The third-order valence-corrected chi connectivity index (χ3v) is 2.58. The van der Waals surface area contributed by atoms with Gasteiger partial charge in [0.2, 0.25) is 5.12 Å². The standard InChI is InChI=1S/C7H13NOS/c1-2-4-8-6-3-5-10-7(6)9/h6,8H,2-5H2,1H3/t6-/m0/s1. The number of rotatable bonds is 3. The van der Waals surface area contributed by atoms with E-state index in [1.807, 2.05) is 0 Å². The Balaban J connectivity index is 2.20. The maximum atomic E-state index is 11.0. The van der Waals surface area contributed by atoms with Gasteiger partial charge >= 0.3 is 0 Å². The molecule has 1 atom stereocenters. The van der Waals surface area contributed by atoms with Gasteiger partial charge in [-0.3, -0.25) is 4.79 Å². The SMILES string of the molecule is CCCN[C@H]1CCSC1=O. The third-order valence-electron chi connectivity index (χ3n) is 1.58. The minimum Gasteiger partial charge on any atom is -0.307 e. The summed E-state index contributed by atoms with van der Waals surface area (Å²) in [5.41, 5.74) is 0. The summed E-state index contributed by atoms with van der Waals surface area (Å²) in [6.45, 7) is 3.08. The van der Waals surface area contributed by atoms with Crippen LogP contribution >= 0.6 is 11.8 Å². The highest BCUT2D eigenvalue weighted by atomic mass is 32.2. The van der Waals surface area contributed by atoms with Gasteiger partial charge in [0.25, 0.3) is 0 Å². The molecule has 0 unspecified atom stereocenters. The first-order chi connectivity index (χ1) is 4.84. The average Bonchev–Trinajstić information content (AvgIpc) is 2.31. The predicted molar refractivity (Wildman–Crippen MR) is 44.2 cm³/mol. The number of hydrogen-bond acceptors (Lipinski definition) is 3. The van der Waals surface area contributed by atoms with Crippen molar-refractivity contribution < 1.29 is 4.79 Å². The molecule has 0 bridgehead atoms. The Bertz CT molecular complexity index is 127. The molecular weight excluding hydrogens is 146 g/mol. The zero-order valence-corrected chi connectivity index (χ0v) is 7.04. The maximum Gasteiger partial charge on any atom is 0.205 e. The molecule has 1 heterocycles. The van der Waals surface area contributed by atoms with Crippen molar-refractivity contribution in [2.24, 2.45) is 0 Å². The van der Waals surface area contributed by atoms with Gasteiger partial charge in [0.05, 0.1) is 6.04 Å². The summed E-state index contributed by atoms with van der Waals surface area (Å²) >= 11 is 1.45. The van der Waals surface area contributed by atoms with Gasteiger partial charge in [0.15, 0.2) is 0 Å². The lowest BCUT2D eigenvalue weighted by Gasteiger charge is -2.06. The molecule has 58 valence electrons. The van der Waals surface area contributed by atoms with Crippen LogP contribution in [0.2, 0.25) is 0 Å². The molecule has 0 radical (unpaired) electrons. The molecule has 0 aromatic carbocycles. The van der Waals surface area contributed by atoms with Crippen molar-refractivity contribution in [2.75, 3.05) is 12.3 Å². The van der Waals surface area contributed by atoms with Crippen LogP contribution in [-0.4, -0.2) is 23.5 Å². The Morgan fingerprint density at radius 1 is 1.80 bits per heavy atom. The lowest BCUT2D eigenvalue weighted by Crippen LogP contribution is -2.32. The minimum absolute atomic E-state index is 0.157. The predicted octanol–water partition coefficient (Wildman–Crippen LogP) is 1.02. The first kappa shape index (κ1) is 8.08. The Labute approximate surface area is 65.8 Å². The second-order valence-electron chi connectivity index (χ2n) is 2.46. The summed E-state index contributed by atoms with van der Waals surface area (Å²) in [5.74, 6) is 1.00. The topological polar surface area (TPSA) is 29.1 Å². The monoisotopic (exact) mass is 159 g/mol. The van der Waals surface area contributed by atoms with Crippen molar-refractivity contribution >= 4 is 16.9 Å². The molecule has 0 amide bonds. The number of thioether (sulfide) groups is 1. The van der Waals surface area contributed by atoms with E-state index in [0.29, 0.717) is 5.12 Å². The van der Waals surface area contributed by atoms with Crippen LogP contribution < -0.4 is 5.32 Å². The lowest BCUT2D eigenvalue weighted by molar-refractivity contribution is -0.112. The van der Waals surface area contributed by atoms with Crippen LogP contribution in [0.5, 0.6) is 0 Å². The van der Waals surface area contributed by atoms with Crippen molar-refractivity contribution in [3.8, 4) is 0 Å². The normalized spacial score (nSPS) is 25.7. The summed E-state index contributed by atoms with van der Waals surface area (Å²) in [6.07, 6.45) is 2.12. The van der Waals surface area contributed by atoms with Gasteiger partial charge in [0.1, 0.15) is 0 Å². The molecule has 1 fully saturated rings. The molecule has 0 aromatic rings. The van der Waals surface area contributed by atoms with E-state index in [1.165, 1.54) is 11.8 Å². The summed E-state index contributed by atoms with van der Waals surface area (Å²) in [5, 5.41) is 3.54. The Morgan fingerprint density at radius 3 is 3.10 bits per heavy atom. The number of nitrogens with one attached hydrogen (secondary N) is 1. The van der Waals surface area contributed by atoms with E-state index in [0.717, 1.165) is 25.1 Å². The molecule has 1 aliphatic rings. The molecule has 0 spiro atoms. The van der Waals surface area contributed by atoms with Gasteiger partial charge in [-0.2, -0.15) is 0 Å². The quantitative estimate of drug-likeness (QED) is 0.666. The van der Waals surface area contributed by atoms with Gasteiger partial charge in [-0.15, -0.1) is 0 Å². The van der Waals surface area contributed by atoms with E-state index in [9.17, 15) is 4.79 Å². The van der Waals surface area contributed by atoms with Crippen LogP contribution in [-0.2, 0) is 4.79 Å². The summed E-state index contributed by atoms with van der Waals surface area (Å²) in [4.78, 5) is 11.0. The fraction of sp³-hybridized carbons (Fsp3) is 0.857. The maximum absolute atomic E-state index is 11.0. The molecule has 3 heteroatoms. The van der Waals surface area contributed by atoms with Crippen LogP contribution in [0.25, 0.3) is 0 Å². The van der Waals surface area contributed by atoms with Crippen molar-refractivity contribution in [3.63, 3.8) is 0 Å². The second-order valence-corrected chi connectivity index (χ2v) is 3.56. The minimum atomic E-state index is 0.157. The Kier molecular flexibility index (Phi) is 3.22. The van der Waals surface area contributed by atoms with E-state index in [1.54, 1.807) is 0 Å². The fourth-order valence-electron chi connectivity index (χ4n) is 1.000. The fourth-order valence-corrected chi connectivity index (χ4v) is 1.96. The molecule has 1 rings (SSSR count). The molecular formula is C7H13NOS. The van der Waals surface area contributed by atoms with E-state index in [-0.39, 0.29) is 6.04 Å². The average molecular weight is 159 g/mol. The molecule has 0 aliphatic carbocycles. The first-order valence-corrected chi connectivity index (χ1v) is 4.73. The van der Waals surface area contributed by atoms with Gasteiger partial charge in [-0.1, -0.05) is 18.7 Å². The number of carbonyl (C=O) groups excluding carboxylic acids is 1. The molecule has 1 N–H and O–H groups in total.